The number of nitrogens with one attached hydrogen (secondary N) is 2. The zero-order valence-electron chi connectivity index (χ0n) is 16.9. The summed E-state index contributed by atoms with van der Waals surface area (Å²) in [4.78, 5) is 21.8. The lowest BCUT2D eigenvalue weighted by Crippen LogP contribution is -2.25. The van der Waals surface area contributed by atoms with E-state index in [2.05, 4.69) is 15.6 Å². The fourth-order valence-electron chi connectivity index (χ4n) is 3.94. The highest BCUT2D eigenvalue weighted by molar-refractivity contribution is 6.07. The summed E-state index contributed by atoms with van der Waals surface area (Å²) in [6.07, 6.45) is 8.87. The molecule has 0 atom stereocenters. The lowest BCUT2D eigenvalue weighted by Gasteiger charge is -2.14. The van der Waals surface area contributed by atoms with E-state index in [-0.39, 0.29) is 12.0 Å². The fourth-order valence-corrected chi connectivity index (χ4v) is 3.94. The molecule has 0 spiro atoms. The second-order valence-electron chi connectivity index (χ2n) is 8.20. The van der Waals surface area contributed by atoms with E-state index >= 15 is 0 Å². The molecule has 2 heterocycles. The van der Waals surface area contributed by atoms with Gasteiger partial charge in [-0.25, -0.2) is 9.97 Å². The largest absolute Gasteiger partial charge is 0.474 e. The minimum atomic E-state index is -0.0321. The molecule has 0 unspecified atom stereocenters. The smallest absolute Gasteiger partial charge is 0.252 e. The van der Waals surface area contributed by atoms with Gasteiger partial charge in [0.05, 0.1) is 11.1 Å². The van der Waals surface area contributed by atoms with Crippen LogP contribution in [0.2, 0.25) is 0 Å². The number of anilines is 1. The van der Waals surface area contributed by atoms with E-state index in [1.807, 2.05) is 42.5 Å². The number of hydrogen-bond acceptors (Lipinski definition) is 5. The number of para-hydroxylation sites is 1. The van der Waals surface area contributed by atoms with Gasteiger partial charge >= 0.3 is 0 Å². The third-order valence-corrected chi connectivity index (χ3v) is 5.74. The third kappa shape index (κ3) is 4.37. The molecule has 2 saturated carbocycles. The van der Waals surface area contributed by atoms with Crippen LogP contribution in [0.15, 0.2) is 48.7 Å². The van der Waals surface area contributed by atoms with Crippen LogP contribution in [0, 0.1) is 0 Å². The van der Waals surface area contributed by atoms with Crippen molar-refractivity contribution in [3.05, 3.63) is 59.8 Å². The summed E-state index contributed by atoms with van der Waals surface area (Å²) in [7, 11) is 0. The number of carbonyl (C=O) groups excluding carboxylic acids is 1. The maximum atomic E-state index is 12.8. The number of hydrogen-bond donors (Lipinski definition) is 2. The Labute approximate surface area is 176 Å². The Morgan fingerprint density at radius 1 is 1.07 bits per heavy atom. The van der Waals surface area contributed by atoms with Gasteiger partial charge in [0.25, 0.3) is 5.91 Å². The first-order chi connectivity index (χ1) is 14.7. The highest BCUT2D eigenvalue weighted by Gasteiger charge is 2.25. The maximum Gasteiger partial charge on any atom is 0.252 e. The molecule has 6 nitrogen and oxygen atoms in total. The fraction of sp³-hybridized carbons (Fsp3) is 0.375. The number of rotatable bonds is 7. The number of benzene rings is 1. The Hall–Kier alpha value is -3.15. The molecule has 2 aliphatic carbocycles. The molecule has 2 aromatic heterocycles. The minimum Gasteiger partial charge on any atom is -0.474 e. The molecule has 2 fully saturated rings. The van der Waals surface area contributed by atoms with Crippen molar-refractivity contribution in [1.29, 1.82) is 0 Å². The van der Waals surface area contributed by atoms with Gasteiger partial charge in [0, 0.05) is 30.2 Å². The number of nitrogens with zero attached hydrogens (tertiary/aromatic N) is 2. The average molecular weight is 402 g/mol. The van der Waals surface area contributed by atoms with Gasteiger partial charge in [0.2, 0.25) is 5.88 Å². The number of ether oxygens (including phenoxy) is 1. The van der Waals surface area contributed by atoms with Crippen LogP contribution in [-0.2, 0) is 6.54 Å². The summed E-state index contributed by atoms with van der Waals surface area (Å²) in [5.74, 6) is 1.33. The number of fused-ring (bicyclic) bond motifs is 1. The number of aromatic nitrogens is 2. The summed E-state index contributed by atoms with van der Waals surface area (Å²) < 4.78 is 6.01. The molecule has 0 radical (unpaired) electrons. The minimum absolute atomic E-state index is 0.0321. The van der Waals surface area contributed by atoms with E-state index in [4.69, 9.17) is 9.72 Å². The summed E-state index contributed by atoms with van der Waals surface area (Å²) in [5.41, 5.74) is 2.54. The van der Waals surface area contributed by atoms with Gasteiger partial charge in [-0.1, -0.05) is 18.2 Å². The standard InChI is InChI=1S/C24H26N4O2/c29-24(27-17-9-10-17)20-14-22(28-21-8-4-3-7-19(20)21)26-15-16-11-12-25-23(13-16)30-18-5-1-2-6-18/h3-4,7-8,11-14,17-18H,1-2,5-6,9-10,15H2,(H,26,28)(H,27,29). The van der Waals surface area contributed by atoms with Crippen molar-refractivity contribution >= 4 is 22.6 Å². The molecule has 0 aliphatic heterocycles. The first kappa shape index (κ1) is 18.9. The molecule has 6 heteroatoms. The normalized spacial score (nSPS) is 16.5. The zero-order valence-corrected chi connectivity index (χ0v) is 16.9. The number of carbonyl (C=O) groups is 1. The Morgan fingerprint density at radius 2 is 1.90 bits per heavy atom. The van der Waals surface area contributed by atoms with Crippen LogP contribution in [0.5, 0.6) is 5.88 Å². The van der Waals surface area contributed by atoms with Gasteiger partial charge in [-0.3, -0.25) is 4.79 Å². The predicted molar refractivity (Wildman–Crippen MR) is 117 cm³/mol. The Morgan fingerprint density at radius 3 is 2.73 bits per heavy atom. The van der Waals surface area contributed by atoms with Crippen molar-refractivity contribution in [2.75, 3.05) is 5.32 Å². The van der Waals surface area contributed by atoms with E-state index in [0.717, 1.165) is 42.1 Å². The van der Waals surface area contributed by atoms with Gasteiger partial charge in [0.15, 0.2) is 0 Å². The van der Waals surface area contributed by atoms with Crippen LogP contribution < -0.4 is 15.4 Å². The molecular weight excluding hydrogens is 376 g/mol. The van der Waals surface area contributed by atoms with Crippen molar-refractivity contribution in [2.24, 2.45) is 0 Å². The second-order valence-corrected chi connectivity index (χ2v) is 8.20. The van der Waals surface area contributed by atoms with Gasteiger partial charge in [-0.2, -0.15) is 0 Å². The van der Waals surface area contributed by atoms with Crippen LogP contribution in [0.25, 0.3) is 10.9 Å². The Bertz CT molecular complexity index is 1060. The third-order valence-electron chi connectivity index (χ3n) is 5.74. The summed E-state index contributed by atoms with van der Waals surface area (Å²) in [6, 6.07) is 13.9. The van der Waals surface area contributed by atoms with Gasteiger partial charge < -0.3 is 15.4 Å². The zero-order chi connectivity index (χ0) is 20.3. The van der Waals surface area contributed by atoms with E-state index in [0.29, 0.717) is 29.8 Å². The SMILES string of the molecule is O=C(NC1CC1)c1cc(NCc2ccnc(OC3CCCC3)c2)nc2ccccc12. The van der Waals surface area contributed by atoms with E-state index in [1.54, 1.807) is 6.20 Å². The average Bonchev–Trinajstić information content (AvgIpc) is 3.44. The van der Waals surface area contributed by atoms with E-state index < -0.39 is 0 Å². The Balaban J connectivity index is 1.33. The van der Waals surface area contributed by atoms with Gasteiger partial charge in [-0.05, 0) is 62.3 Å². The first-order valence-corrected chi connectivity index (χ1v) is 10.8. The van der Waals surface area contributed by atoms with Crippen LogP contribution in [-0.4, -0.2) is 28.0 Å². The molecular formula is C24H26N4O2. The lowest BCUT2D eigenvalue weighted by atomic mass is 10.1. The van der Waals surface area contributed by atoms with Crippen molar-refractivity contribution in [3.63, 3.8) is 0 Å². The van der Waals surface area contributed by atoms with Crippen molar-refractivity contribution in [2.45, 2.75) is 57.2 Å². The molecule has 5 rings (SSSR count). The molecule has 0 saturated heterocycles. The predicted octanol–water partition coefficient (Wildman–Crippen LogP) is 4.46. The number of pyridine rings is 2. The monoisotopic (exact) mass is 402 g/mol. The number of amides is 1. The molecule has 30 heavy (non-hydrogen) atoms. The molecule has 154 valence electrons. The first-order valence-electron chi connectivity index (χ1n) is 10.8. The van der Waals surface area contributed by atoms with Crippen molar-refractivity contribution in [3.8, 4) is 5.88 Å². The van der Waals surface area contributed by atoms with Crippen LogP contribution >= 0.6 is 0 Å². The van der Waals surface area contributed by atoms with E-state index in [9.17, 15) is 4.79 Å². The molecule has 2 N–H and O–H groups in total. The van der Waals surface area contributed by atoms with Crippen LogP contribution in [0.3, 0.4) is 0 Å². The summed E-state index contributed by atoms with van der Waals surface area (Å²) >= 11 is 0. The molecule has 3 aromatic rings. The maximum absolute atomic E-state index is 12.8. The molecule has 1 aromatic carbocycles. The summed E-state index contributed by atoms with van der Waals surface area (Å²) in [5, 5.41) is 7.32. The van der Waals surface area contributed by atoms with Crippen molar-refractivity contribution < 1.29 is 9.53 Å². The second kappa shape index (κ2) is 8.30. The topological polar surface area (TPSA) is 76.1 Å². The highest BCUT2D eigenvalue weighted by atomic mass is 16.5. The Kier molecular flexibility index (Phi) is 5.22. The summed E-state index contributed by atoms with van der Waals surface area (Å²) in [6.45, 7) is 0.582. The van der Waals surface area contributed by atoms with Gasteiger partial charge in [-0.15, -0.1) is 0 Å². The molecule has 2 aliphatic rings. The van der Waals surface area contributed by atoms with Crippen LogP contribution in [0.4, 0.5) is 5.82 Å². The quantitative estimate of drug-likeness (QED) is 0.610. The molecule has 0 bridgehead atoms. The van der Waals surface area contributed by atoms with Crippen molar-refractivity contribution in [1.82, 2.24) is 15.3 Å². The van der Waals surface area contributed by atoms with Crippen LogP contribution in [0.1, 0.15) is 54.4 Å². The highest BCUT2D eigenvalue weighted by Crippen LogP contribution is 2.25. The van der Waals surface area contributed by atoms with Gasteiger partial charge in [0.1, 0.15) is 11.9 Å². The van der Waals surface area contributed by atoms with E-state index in [1.165, 1.54) is 12.8 Å². The molecule has 1 amide bonds. The lowest BCUT2D eigenvalue weighted by molar-refractivity contribution is 0.0952.